The van der Waals surface area contributed by atoms with Gasteiger partial charge in [-0.05, 0) is 30.3 Å². The Morgan fingerprint density at radius 1 is 1.07 bits per heavy atom. The summed E-state index contributed by atoms with van der Waals surface area (Å²) in [4.78, 5) is 20.3. The molecule has 0 spiro atoms. The molecule has 1 heterocycles. The fourth-order valence-electron chi connectivity index (χ4n) is 2.19. The van der Waals surface area contributed by atoms with Gasteiger partial charge in [-0.25, -0.2) is 18.7 Å². The topological polar surface area (TPSA) is 76.1 Å². The first-order chi connectivity index (χ1) is 13.0. The number of carbonyl (C=O) groups is 1. The molecule has 0 atom stereocenters. The summed E-state index contributed by atoms with van der Waals surface area (Å²) < 4.78 is 31.7. The highest BCUT2D eigenvalue weighted by molar-refractivity contribution is 6.31. The normalized spacial score (nSPS) is 10.4. The average Bonchev–Trinajstić information content (AvgIpc) is 2.65. The molecule has 138 valence electrons. The number of nitrogens with zero attached hydrogens (tertiary/aromatic N) is 2. The Morgan fingerprint density at radius 2 is 1.81 bits per heavy atom. The van der Waals surface area contributed by atoms with Crippen molar-refractivity contribution in [3.8, 4) is 5.75 Å². The summed E-state index contributed by atoms with van der Waals surface area (Å²) in [6, 6.07) is 7.87. The molecule has 0 saturated heterocycles. The summed E-state index contributed by atoms with van der Waals surface area (Å²) >= 11 is 5.93. The summed E-state index contributed by atoms with van der Waals surface area (Å²) in [5.41, 5.74) is 0.574. The van der Waals surface area contributed by atoms with Crippen molar-refractivity contribution in [2.45, 2.75) is 0 Å². The van der Waals surface area contributed by atoms with E-state index in [4.69, 9.17) is 16.3 Å². The maximum Gasteiger partial charge on any atom is 0.258 e. The van der Waals surface area contributed by atoms with Gasteiger partial charge in [0.25, 0.3) is 5.91 Å². The maximum absolute atomic E-state index is 13.6. The van der Waals surface area contributed by atoms with Crippen LogP contribution in [0.2, 0.25) is 5.02 Å². The molecule has 2 N–H and O–H groups in total. The summed E-state index contributed by atoms with van der Waals surface area (Å²) in [5, 5.41) is 5.69. The molecule has 0 saturated carbocycles. The van der Waals surface area contributed by atoms with Gasteiger partial charge in [-0.1, -0.05) is 11.6 Å². The van der Waals surface area contributed by atoms with E-state index >= 15 is 0 Å². The molecule has 0 radical (unpaired) electrons. The lowest BCUT2D eigenvalue weighted by atomic mass is 10.2. The van der Waals surface area contributed by atoms with Crippen LogP contribution in [-0.2, 0) is 0 Å². The van der Waals surface area contributed by atoms with E-state index in [2.05, 4.69) is 20.6 Å². The zero-order valence-corrected chi connectivity index (χ0v) is 14.7. The molecule has 0 aliphatic rings. The molecule has 9 heteroatoms. The number of anilines is 3. The van der Waals surface area contributed by atoms with Crippen LogP contribution >= 0.6 is 11.6 Å². The number of ether oxygens (including phenoxy) is 1. The first kappa shape index (κ1) is 18.5. The number of benzene rings is 2. The van der Waals surface area contributed by atoms with Gasteiger partial charge in [-0.15, -0.1) is 0 Å². The summed E-state index contributed by atoms with van der Waals surface area (Å²) in [5.74, 6) is -1.46. The Balaban J connectivity index is 1.73. The Kier molecular flexibility index (Phi) is 5.46. The van der Waals surface area contributed by atoms with Gasteiger partial charge in [0, 0.05) is 23.5 Å². The monoisotopic (exact) mass is 390 g/mol. The van der Waals surface area contributed by atoms with Crippen LogP contribution in [0, 0.1) is 11.6 Å². The van der Waals surface area contributed by atoms with Gasteiger partial charge < -0.3 is 15.4 Å². The van der Waals surface area contributed by atoms with Crippen molar-refractivity contribution in [2.24, 2.45) is 0 Å². The molecule has 3 aromatic rings. The first-order valence-corrected chi connectivity index (χ1v) is 8.03. The van der Waals surface area contributed by atoms with E-state index in [-0.39, 0.29) is 17.2 Å². The second kappa shape index (κ2) is 7.96. The summed E-state index contributed by atoms with van der Waals surface area (Å²) in [6.07, 6.45) is 2.53. The number of halogens is 3. The third-order valence-electron chi connectivity index (χ3n) is 3.50. The largest absolute Gasteiger partial charge is 0.495 e. The van der Waals surface area contributed by atoms with Crippen molar-refractivity contribution in [3.63, 3.8) is 0 Å². The minimum absolute atomic E-state index is 0.0114. The Labute approximate surface area is 158 Å². The lowest BCUT2D eigenvalue weighted by molar-refractivity contribution is 0.102. The molecule has 1 amide bonds. The minimum atomic E-state index is -0.784. The molecule has 6 nitrogen and oxygen atoms in total. The number of carbonyl (C=O) groups excluding carboxylic acids is 1. The van der Waals surface area contributed by atoms with Crippen molar-refractivity contribution in [2.75, 3.05) is 17.7 Å². The molecule has 0 aliphatic heterocycles. The molecule has 0 aliphatic carbocycles. The Bertz CT molecular complexity index is 984. The van der Waals surface area contributed by atoms with Gasteiger partial charge in [-0.2, -0.15) is 0 Å². The van der Waals surface area contributed by atoms with Crippen LogP contribution in [0.1, 0.15) is 10.4 Å². The average molecular weight is 391 g/mol. The zero-order chi connectivity index (χ0) is 19.4. The van der Waals surface area contributed by atoms with Crippen molar-refractivity contribution >= 4 is 34.8 Å². The molecule has 3 rings (SSSR count). The molecule has 1 aromatic heterocycles. The number of nitrogens with one attached hydrogen (secondary N) is 2. The molecule has 2 aromatic carbocycles. The maximum atomic E-state index is 13.6. The van der Waals surface area contributed by atoms with Crippen molar-refractivity contribution in [3.05, 3.63) is 71.0 Å². The molecular formula is C18H13ClF2N4O2. The van der Waals surface area contributed by atoms with Crippen molar-refractivity contribution in [1.29, 1.82) is 0 Å². The van der Waals surface area contributed by atoms with Crippen LogP contribution in [-0.4, -0.2) is 23.0 Å². The van der Waals surface area contributed by atoms with E-state index in [0.29, 0.717) is 16.5 Å². The SMILES string of the molecule is COc1ccc(Cl)cc1NC(=O)c1cnc(Nc2ccc(F)cc2F)nc1. The van der Waals surface area contributed by atoms with Crippen LogP contribution < -0.4 is 15.4 Å². The fourth-order valence-corrected chi connectivity index (χ4v) is 2.37. The van der Waals surface area contributed by atoms with Gasteiger partial charge in [0.1, 0.15) is 17.4 Å². The van der Waals surface area contributed by atoms with Crippen LogP contribution in [0.3, 0.4) is 0 Å². The van der Waals surface area contributed by atoms with E-state index in [0.717, 1.165) is 12.1 Å². The van der Waals surface area contributed by atoms with E-state index in [1.54, 1.807) is 18.2 Å². The highest BCUT2D eigenvalue weighted by Crippen LogP contribution is 2.28. The second-order valence-electron chi connectivity index (χ2n) is 5.34. The van der Waals surface area contributed by atoms with Gasteiger partial charge in [0.15, 0.2) is 0 Å². The smallest absolute Gasteiger partial charge is 0.258 e. The first-order valence-electron chi connectivity index (χ1n) is 7.65. The lowest BCUT2D eigenvalue weighted by Gasteiger charge is -2.11. The van der Waals surface area contributed by atoms with E-state index in [1.165, 1.54) is 25.6 Å². The lowest BCUT2D eigenvalue weighted by Crippen LogP contribution is -2.14. The quantitative estimate of drug-likeness (QED) is 0.674. The van der Waals surface area contributed by atoms with Crippen molar-refractivity contribution in [1.82, 2.24) is 9.97 Å². The third kappa shape index (κ3) is 4.48. The van der Waals surface area contributed by atoms with Gasteiger partial charge in [-0.3, -0.25) is 4.79 Å². The molecular weight excluding hydrogens is 378 g/mol. The summed E-state index contributed by atoms with van der Waals surface area (Å²) in [7, 11) is 1.47. The van der Waals surface area contributed by atoms with Crippen LogP contribution in [0.4, 0.5) is 26.1 Å². The standard InChI is InChI=1S/C18H13ClF2N4O2/c1-27-16-5-2-11(19)6-15(16)24-17(26)10-8-22-18(23-9-10)25-14-4-3-12(20)7-13(14)21/h2-9H,1H3,(H,24,26)(H,22,23,25). The predicted octanol–water partition coefficient (Wildman–Crippen LogP) is 4.41. The zero-order valence-electron chi connectivity index (χ0n) is 14.0. The number of hydrogen-bond donors (Lipinski definition) is 2. The number of aromatic nitrogens is 2. The Hall–Kier alpha value is -3.26. The number of hydrogen-bond acceptors (Lipinski definition) is 5. The minimum Gasteiger partial charge on any atom is -0.495 e. The molecule has 27 heavy (non-hydrogen) atoms. The van der Waals surface area contributed by atoms with Gasteiger partial charge in [0.2, 0.25) is 5.95 Å². The fraction of sp³-hybridized carbons (Fsp3) is 0.0556. The number of rotatable bonds is 5. The highest BCUT2D eigenvalue weighted by Gasteiger charge is 2.12. The Morgan fingerprint density at radius 3 is 2.48 bits per heavy atom. The predicted molar refractivity (Wildman–Crippen MR) is 97.6 cm³/mol. The van der Waals surface area contributed by atoms with Crippen LogP contribution in [0.15, 0.2) is 48.8 Å². The van der Waals surface area contributed by atoms with E-state index < -0.39 is 17.5 Å². The second-order valence-corrected chi connectivity index (χ2v) is 5.78. The van der Waals surface area contributed by atoms with E-state index in [1.807, 2.05) is 0 Å². The van der Waals surface area contributed by atoms with Crippen LogP contribution in [0.25, 0.3) is 0 Å². The molecule has 0 fully saturated rings. The number of methoxy groups -OCH3 is 1. The third-order valence-corrected chi connectivity index (χ3v) is 3.74. The molecule has 0 unspecified atom stereocenters. The number of amides is 1. The van der Waals surface area contributed by atoms with E-state index in [9.17, 15) is 13.6 Å². The summed E-state index contributed by atoms with van der Waals surface area (Å²) in [6.45, 7) is 0. The van der Waals surface area contributed by atoms with Crippen molar-refractivity contribution < 1.29 is 18.3 Å². The van der Waals surface area contributed by atoms with Gasteiger partial charge >= 0.3 is 0 Å². The van der Waals surface area contributed by atoms with Gasteiger partial charge in [0.05, 0.1) is 24.0 Å². The highest BCUT2D eigenvalue weighted by atomic mass is 35.5. The molecule has 0 bridgehead atoms. The van der Waals surface area contributed by atoms with Crippen LogP contribution in [0.5, 0.6) is 5.75 Å².